The normalized spacial score (nSPS) is 11.1. The summed E-state index contributed by atoms with van der Waals surface area (Å²) in [4.78, 5) is 17.4. The SMILES string of the molecule is Cc1cc(C)c(CSc2nc3ccc(NC(=O)c4ccccc4C)cc3s2)c(C)c1. The van der Waals surface area contributed by atoms with Crippen LogP contribution in [0.1, 0.15) is 38.2 Å². The standard InChI is InChI=1S/C25H24N2OS2/c1-15-11-17(3)21(18(4)12-15)14-29-25-27-22-10-9-19(13-23(22)30-25)26-24(28)20-8-6-5-7-16(20)2/h5-13H,14H2,1-4H3,(H,26,28). The molecule has 0 atom stereocenters. The summed E-state index contributed by atoms with van der Waals surface area (Å²) in [5.74, 6) is 0.825. The third kappa shape index (κ3) is 4.42. The Bertz CT molecular complexity index is 1220. The first-order valence-corrected chi connectivity index (χ1v) is 11.7. The number of carbonyl (C=O) groups excluding carboxylic acids is 1. The number of thioether (sulfide) groups is 1. The number of carbonyl (C=O) groups is 1. The predicted octanol–water partition coefficient (Wildman–Crippen LogP) is 7.07. The zero-order valence-electron chi connectivity index (χ0n) is 17.6. The molecule has 3 nitrogen and oxygen atoms in total. The van der Waals surface area contributed by atoms with Gasteiger partial charge in [0.05, 0.1) is 10.2 Å². The summed E-state index contributed by atoms with van der Waals surface area (Å²) in [5, 5.41) is 3.01. The molecule has 3 aromatic carbocycles. The molecule has 5 heteroatoms. The first-order chi connectivity index (χ1) is 14.4. The first kappa shape index (κ1) is 20.6. The second-order valence-corrected chi connectivity index (χ2v) is 9.85. The van der Waals surface area contributed by atoms with Crippen LogP contribution < -0.4 is 5.32 Å². The number of thiazole rings is 1. The average Bonchev–Trinajstić information content (AvgIpc) is 3.09. The van der Waals surface area contributed by atoms with Crippen molar-refractivity contribution in [3.05, 3.63) is 88.0 Å². The number of hydrogen-bond acceptors (Lipinski definition) is 4. The van der Waals surface area contributed by atoms with Gasteiger partial charge in [-0.15, -0.1) is 11.3 Å². The highest BCUT2D eigenvalue weighted by Crippen LogP contribution is 2.34. The summed E-state index contributed by atoms with van der Waals surface area (Å²) in [6.45, 7) is 8.44. The summed E-state index contributed by atoms with van der Waals surface area (Å²) in [6.07, 6.45) is 0. The number of aromatic nitrogens is 1. The van der Waals surface area contributed by atoms with E-state index in [1.807, 2.05) is 49.4 Å². The van der Waals surface area contributed by atoms with Crippen LogP contribution in [0.5, 0.6) is 0 Å². The van der Waals surface area contributed by atoms with Crippen molar-refractivity contribution < 1.29 is 4.79 Å². The molecule has 0 radical (unpaired) electrons. The molecule has 0 spiro atoms. The van der Waals surface area contributed by atoms with E-state index < -0.39 is 0 Å². The Balaban J connectivity index is 1.50. The van der Waals surface area contributed by atoms with Crippen molar-refractivity contribution in [2.45, 2.75) is 37.8 Å². The second kappa shape index (κ2) is 8.62. The van der Waals surface area contributed by atoms with E-state index in [0.29, 0.717) is 5.56 Å². The van der Waals surface area contributed by atoms with Gasteiger partial charge in [0.1, 0.15) is 0 Å². The molecular weight excluding hydrogens is 408 g/mol. The number of aryl methyl sites for hydroxylation is 4. The lowest BCUT2D eigenvalue weighted by Crippen LogP contribution is -2.13. The van der Waals surface area contributed by atoms with Crippen molar-refractivity contribution in [1.82, 2.24) is 4.98 Å². The minimum absolute atomic E-state index is 0.0862. The monoisotopic (exact) mass is 432 g/mol. The highest BCUT2D eigenvalue weighted by Gasteiger charge is 2.11. The highest BCUT2D eigenvalue weighted by atomic mass is 32.2. The van der Waals surface area contributed by atoms with Gasteiger partial charge in [-0.3, -0.25) is 4.79 Å². The van der Waals surface area contributed by atoms with E-state index in [1.54, 1.807) is 23.1 Å². The fourth-order valence-corrected chi connectivity index (χ4v) is 5.94. The summed E-state index contributed by atoms with van der Waals surface area (Å²) in [5.41, 5.74) is 8.78. The molecule has 0 fully saturated rings. The van der Waals surface area contributed by atoms with Crippen LogP contribution in [0.25, 0.3) is 10.2 Å². The molecule has 0 aliphatic heterocycles. The molecule has 1 N–H and O–H groups in total. The topological polar surface area (TPSA) is 42.0 Å². The molecule has 0 saturated carbocycles. The summed E-state index contributed by atoms with van der Waals surface area (Å²) >= 11 is 3.44. The lowest BCUT2D eigenvalue weighted by molar-refractivity contribution is 0.102. The Hall–Kier alpha value is -2.63. The minimum Gasteiger partial charge on any atom is -0.322 e. The van der Waals surface area contributed by atoms with E-state index in [1.165, 1.54) is 22.3 Å². The maximum Gasteiger partial charge on any atom is 0.255 e. The smallest absolute Gasteiger partial charge is 0.255 e. The van der Waals surface area contributed by atoms with Crippen molar-refractivity contribution in [3.8, 4) is 0 Å². The van der Waals surface area contributed by atoms with Crippen LogP contribution in [-0.2, 0) is 5.75 Å². The summed E-state index contributed by atoms with van der Waals surface area (Å²) in [6, 6.07) is 18.0. The van der Waals surface area contributed by atoms with Gasteiger partial charge in [-0.2, -0.15) is 0 Å². The second-order valence-electron chi connectivity index (χ2n) is 7.60. The summed E-state index contributed by atoms with van der Waals surface area (Å²) in [7, 11) is 0. The molecule has 1 amide bonds. The van der Waals surface area contributed by atoms with Crippen LogP contribution in [-0.4, -0.2) is 10.9 Å². The van der Waals surface area contributed by atoms with Crippen LogP contribution in [0.2, 0.25) is 0 Å². The molecule has 0 aliphatic carbocycles. The van der Waals surface area contributed by atoms with Gasteiger partial charge in [0.15, 0.2) is 4.34 Å². The van der Waals surface area contributed by atoms with Gasteiger partial charge in [-0.05, 0) is 74.2 Å². The number of benzene rings is 3. The maximum atomic E-state index is 12.6. The number of fused-ring (bicyclic) bond motifs is 1. The van der Waals surface area contributed by atoms with Gasteiger partial charge >= 0.3 is 0 Å². The Morgan fingerprint density at radius 2 is 1.70 bits per heavy atom. The number of nitrogens with zero attached hydrogens (tertiary/aromatic N) is 1. The van der Waals surface area contributed by atoms with E-state index in [-0.39, 0.29) is 5.91 Å². The van der Waals surface area contributed by atoms with Crippen LogP contribution >= 0.6 is 23.1 Å². The van der Waals surface area contributed by atoms with E-state index in [0.717, 1.165) is 31.6 Å². The third-order valence-electron chi connectivity index (χ3n) is 5.20. The van der Waals surface area contributed by atoms with Crippen LogP contribution in [0, 0.1) is 27.7 Å². The molecule has 0 aliphatic rings. The van der Waals surface area contributed by atoms with Crippen molar-refractivity contribution in [2.24, 2.45) is 0 Å². The predicted molar refractivity (Wildman–Crippen MR) is 129 cm³/mol. The zero-order chi connectivity index (χ0) is 21.3. The van der Waals surface area contributed by atoms with Gasteiger partial charge in [0.2, 0.25) is 0 Å². The van der Waals surface area contributed by atoms with Gasteiger partial charge in [0, 0.05) is 17.0 Å². The van der Waals surface area contributed by atoms with Gasteiger partial charge in [0.25, 0.3) is 5.91 Å². The third-order valence-corrected chi connectivity index (χ3v) is 7.38. The molecule has 0 unspecified atom stereocenters. The van der Waals surface area contributed by atoms with Gasteiger partial charge in [-0.1, -0.05) is 47.7 Å². The van der Waals surface area contributed by atoms with Crippen molar-refractivity contribution >= 4 is 44.9 Å². The fourth-order valence-electron chi connectivity index (χ4n) is 3.64. The van der Waals surface area contributed by atoms with E-state index in [9.17, 15) is 4.79 Å². The minimum atomic E-state index is -0.0862. The zero-order valence-corrected chi connectivity index (χ0v) is 19.2. The van der Waals surface area contributed by atoms with Crippen molar-refractivity contribution in [1.29, 1.82) is 0 Å². The molecule has 4 aromatic rings. The molecule has 0 bridgehead atoms. The number of anilines is 1. The Morgan fingerprint density at radius 3 is 2.43 bits per heavy atom. The van der Waals surface area contributed by atoms with Gasteiger partial charge < -0.3 is 5.32 Å². The lowest BCUT2D eigenvalue weighted by Gasteiger charge is -2.10. The average molecular weight is 433 g/mol. The number of rotatable bonds is 5. The molecule has 0 saturated heterocycles. The molecular formula is C25H24N2OS2. The van der Waals surface area contributed by atoms with E-state index in [2.05, 4.69) is 38.2 Å². The van der Waals surface area contributed by atoms with Crippen LogP contribution in [0.3, 0.4) is 0 Å². The first-order valence-electron chi connectivity index (χ1n) is 9.88. The van der Waals surface area contributed by atoms with Crippen molar-refractivity contribution in [2.75, 3.05) is 5.32 Å². The number of hydrogen-bond donors (Lipinski definition) is 1. The summed E-state index contributed by atoms with van der Waals surface area (Å²) < 4.78 is 2.13. The van der Waals surface area contributed by atoms with Crippen molar-refractivity contribution in [3.63, 3.8) is 0 Å². The lowest BCUT2D eigenvalue weighted by atomic mass is 10.0. The molecule has 30 heavy (non-hydrogen) atoms. The fraction of sp³-hybridized carbons (Fsp3) is 0.200. The quantitative estimate of drug-likeness (QED) is 0.343. The number of nitrogens with one attached hydrogen (secondary N) is 1. The molecule has 1 aromatic heterocycles. The maximum absolute atomic E-state index is 12.6. The molecule has 152 valence electrons. The number of amides is 1. The Kier molecular flexibility index (Phi) is 5.93. The van der Waals surface area contributed by atoms with E-state index >= 15 is 0 Å². The van der Waals surface area contributed by atoms with Crippen LogP contribution in [0.15, 0.2) is 58.9 Å². The molecule has 1 heterocycles. The van der Waals surface area contributed by atoms with Gasteiger partial charge in [-0.25, -0.2) is 4.98 Å². The van der Waals surface area contributed by atoms with E-state index in [4.69, 9.17) is 4.98 Å². The highest BCUT2D eigenvalue weighted by molar-refractivity contribution is 8.00. The Morgan fingerprint density at radius 1 is 0.967 bits per heavy atom. The largest absolute Gasteiger partial charge is 0.322 e. The molecule has 4 rings (SSSR count). The Labute approximate surface area is 185 Å². The van der Waals surface area contributed by atoms with Crippen LogP contribution in [0.4, 0.5) is 5.69 Å².